The van der Waals surface area contributed by atoms with Crippen LogP contribution >= 0.6 is 0 Å². The van der Waals surface area contributed by atoms with E-state index in [9.17, 15) is 9.59 Å². The van der Waals surface area contributed by atoms with Gasteiger partial charge in [-0.1, -0.05) is 13.8 Å². The smallest absolute Gasteiger partial charge is 0.280 e. The van der Waals surface area contributed by atoms with Crippen LogP contribution in [0.1, 0.15) is 27.2 Å². The average Bonchev–Trinajstić information content (AvgIpc) is 2.73. The van der Waals surface area contributed by atoms with Crippen molar-refractivity contribution in [2.24, 2.45) is 11.8 Å². The van der Waals surface area contributed by atoms with E-state index in [1.54, 1.807) is 0 Å². The Hall–Kier alpha value is -2.12. The third-order valence-electron chi connectivity index (χ3n) is 6.26. The van der Waals surface area contributed by atoms with Gasteiger partial charge in [0, 0.05) is 37.6 Å². The monoisotopic (exact) mass is 417 g/mol. The number of likely N-dealkylation sites (tertiary alicyclic amines) is 1. The zero-order valence-corrected chi connectivity index (χ0v) is 18.8. The summed E-state index contributed by atoms with van der Waals surface area (Å²) < 4.78 is 5.39. The molecule has 166 valence electrons. The largest absolute Gasteiger partial charge is 0.378 e. The number of amides is 2. The minimum Gasteiger partial charge on any atom is -0.378 e. The van der Waals surface area contributed by atoms with Gasteiger partial charge in [-0.25, -0.2) is 0 Å². The molecule has 3 rings (SSSR count). The van der Waals surface area contributed by atoms with Gasteiger partial charge in [0.2, 0.25) is 0 Å². The predicted octanol–water partition coefficient (Wildman–Crippen LogP) is 0.869. The highest BCUT2D eigenvalue weighted by Crippen LogP contribution is 2.21. The van der Waals surface area contributed by atoms with Crippen molar-refractivity contribution in [1.82, 2.24) is 4.90 Å². The summed E-state index contributed by atoms with van der Waals surface area (Å²) in [5.74, 6) is 1.14. The first kappa shape index (κ1) is 22.6. The van der Waals surface area contributed by atoms with E-state index in [-0.39, 0.29) is 24.4 Å². The van der Waals surface area contributed by atoms with E-state index in [1.165, 1.54) is 6.42 Å². The van der Waals surface area contributed by atoms with Crippen LogP contribution in [0.2, 0.25) is 0 Å². The van der Waals surface area contributed by atoms with Crippen molar-refractivity contribution >= 4 is 23.2 Å². The molecule has 2 aliphatic rings. The molecule has 1 aromatic rings. The molecule has 2 N–H and O–H groups in total. The fraction of sp³-hybridized carbons (Fsp3) is 0.652. The van der Waals surface area contributed by atoms with Gasteiger partial charge in [0.15, 0.2) is 12.6 Å². The molecule has 1 unspecified atom stereocenters. The number of hydrogen-bond donors (Lipinski definition) is 2. The number of quaternary nitrogens is 1. The Balaban J connectivity index is 1.49. The summed E-state index contributed by atoms with van der Waals surface area (Å²) in [5, 5.41) is 2.96. The molecule has 0 spiro atoms. The second-order valence-corrected chi connectivity index (χ2v) is 9.13. The number of carbonyl (C=O) groups excluding carboxylic acids is 2. The van der Waals surface area contributed by atoms with E-state index in [0.29, 0.717) is 11.8 Å². The number of nitrogens with zero attached hydrogens (tertiary/aromatic N) is 2. The lowest BCUT2D eigenvalue weighted by Gasteiger charge is -2.36. The van der Waals surface area contributed by atoms with Gasteiger partial charge in [-0.3, -0.25) is 9.59 Å². The molecular weight excluding hydrogens is 380 g/mol. The molecule has 0 aromatic heterocycles. The van der Waals surface area contributed by atoms with Crippen LogP contribution in [0.25, 0.3) is 0 Å². The van der Waals surface area contributed by atoms with Crippen LogP contribution in [-0.2, 0) is 14.3 Å². The number of piperidine rings is 1. The number of hydrogen-bond acceptors (Lipinski definition) is 4. The maximum atomic E-state index is 12.9. The van der Waals surface area contributed by atoms with E-state index in [1.807, 2.05) is 43.1 Å². The first-order valence-electron chi connectivity index (χ1n) is 11.2. The van der Waals surface area contributed by atoms with Crippen molar-refractivity contribution in [2.45, 2.75) is 33.2 Å². The molecule has 0 radical (unpaired) electrons. The predicted molar refractivity (Wildman–Crippen MR) is 119 cm³/mol. The highest BCUT2D eigenvalue weighted by Gasteiger charge is 2.32. The van der Waals surface area contributed by atoms with E-state index in [2.05, 4.69) is 24.1 Å². The topological polar surface area (TPSA) is 66.3 Å². The van der Waals surface area contributed by atoms with Crippen LogP contribution in [0.15, 0.2) is 24.3 Å². The molecule has 0 bridgehead atoms. The van der Waals surface area contributed by atoms with Crippen LogP contribution in [0.4, 0.5) is 11.4 Å². The maximum Gasteiger partial charge on any atom is 0.280 e. The SMILES string of the molecule is C[C@@H]1C[C@H](C)CN(C(=O)[C@@H](C)[NH+](C)CC(=O)Nc2ccc(N3CCOCC3)cc2)C1. The van der Waals surface area contributed by atoms with E-state index in [4.69, 9.17) is 4.74 Å². The first-order valence-corrected chi connectivity index (χ1v) is 11.2. The van der Waals surface area contributed by atoms with Crippen LogP contribution < -0.4 is 15.1 Å². The maximum absolute atomic E-state index is 12.9. The molecule has 0 aliphatic carbocycles. The first-order chi connectivity index (χ1) is 14.3. The van der Waals surface area contributed by atoms with Gasteiger partial charge in [-0.2, -0.15) is 0 Å². The summed E-state index contributed by atoms with van der Waals surface area (Å²) in [7, 11) is 1.92. The van der Waals surface area contributed by atoms with Crippen molar-refractivity contribution in [2.75, 3.05) is 63.2 Å². The number of ether oxygens (including phenoxy) is 1. The molecule has 30 heavy (non-hydrogen) atoms. The minimum atomic E-state index is -0.239. The fourth-order valence-electron chi connectivity index (χ4n) is 4.52. The summed E-state index contributed by atoms with van der Waals surface area (Å²) in [6.45, 7) is 11.5. The highest BCUT2D eigenvalue weighted by atomic mass is 16.5. The zero-order chi connectivity index (χ0) is 21.7. The van der Waals surface area contributed by atoms with Crippen LogP contribution in [-0.4, -0.2) is 75.7 Å². The average molecular weight is 418 g/mol. The van der Waals surface area contributed by atoms with Crippen molar-refractivity contribution in [3.8, 4) is 0 Å². The third kappa shape index (κ3) is 5.95. The molecular formula is C23H37N4O3+. The van der Waals surface area contributed by atoms with Gasteiger partial charge in [0.05, 0.1) is 20.3 Å². The van der Waals surface area contributed by atoms with Crippen molar-refractivity contribution in [1.29, 1.82) is 0 Å². The molecule has 2 heterocycles. The van der Waals surface area contributed by atoms with Crippen molar-refractivity contribution in [3.63, 3.8) is 0 Å². The second kappa shape index (κ2) is 10.3. The zero-order valence-electron chi connectivity index (χ0n) is 18.8. The molecule has 1 aromatic carbocycles. The van der Waals surface area contributed by atoms with Crippen molar-refractivity contribution < 1.29 is 19.2 Å². The molecule has 2 fully saturated rings. The standard InChI is InChI=1S/C23H36N4O3/c1-17-13-18(2)15-27(14-17)23(29)19(3)25(4)16-22(28)24-20-5-7-21(8-6-20)26-9-11-30-12-10-26/h5-8,17-19H,9-16H2,1-4H3,(H,24,28)/p+1/t17-,18+,19-/m1/s1. The quantitative estimate of drug-likeness (QED) is 0.721. The summed E-state index contributed by atoms with van der Waals surface area (Å²) in [6, 6.07) is 7.69. The number of nitrogens with one attached hydrogen (secondary N) is 2. The minimum absolute atomic E-state index is 0.0772. The number of rotatable bonds is 6. The van der Waals surface area contributed by atoms with Crippen LogP contribution in [0, 0.1) is 11.8 Å². The van der Waals surface area contributed by atoms with E-state index in [0.717, 1.165) is 55.7 Å². The second-order valence-electron chi connectivity index (χ2n) is 9.13. The molecule has 4 atom stereocenters. The lowest BCUT2D eigenvalue weighted by Crippen LogP contribution is -3.15. The molecule has 7 heteroatoms. The molecule has 2 saturated heterocycles. The fourth-order valence-corrected chi connectivity index (χ4v) is 4.52. The lowest BCUT2D eigenvalue weighted by molar-refractivity contribution is -0.886. The Bertz CT molecular complexity index is 708. The van der Waals surface area contributed by atoms with Crippen LogP contribution in [0.3, 0.4) is 0 Å². The van der Waals surface area contributed by atoms with E-state index < -0.39 is 0 Å². The Labute approximate surface area is 180 Å². The van der Waals surface area contributed by atoms with Crippen LogP contribution in [0.5, 0.6) is 0 Å². The van der Waals surface area contributed by atoms with Gasteiger partial charge in [-0.15, -0.1) is 0 Å². The summed E-state index contributed by atoms with van der Waals surface area (Å²) in [5.41, 5.74) is 1.92. The Morgan fingerprint density at radius 1 is 1.13 bits per heavy atom. The van der Waals surface area contributed by atoms with Gasteiger partial charge in [0.25, 0.3) is 11.8 Å². The molecule has 2 amide bonds. The Kier molecular flexibility index (Phi) is 7.72. The number of morpholine rings is 1. The summed E-state index contributed by atoms with van der Waals surface area (Å²) in [6.07, 6.45) is 1.17. The molecule has 2 aliphatic heterocycles. The summed E-state index contributed by atoms with van der Waals surface area (Å²) in [4.78, 5) is 30.6. The van der Waals surface area contributed by atoms with E-state index >= 15 is 0 Å². The Morgan fingerprint density at radius 3 is 2.33 bits per heavy atom. The number of carbonyl (C=O) groups is 2. The number of benzene rings is 1. The third-order valence-corrected chi connectivity index (χ3v) is 6.26. The molecule has 7 nitrogen and oxygen atoms in total. The highest BCUT2D eigenvalue weighted by molar-refractivity contribution is 5.91. The van der Waals surface area contributed by atoms with Gasteiger partial charge >= 0.3 is 0 Å². The van der Waals surface area contributed by atoms with Gasteiger partial charge in [0.1, 0.15) is 0 Å². The summed E-state index contributed by atoms with van der Waals surface area (Å²) >= 11 is 0. The van der Waals surface area contributed by atoms with Gasteiger partial charge in [-0.05, 0) is 49.4 Å². The van der Waals surface area contributed by atoms with Gasteiger partial charge < -0.3 is 24.8 Å². The molecule has 0 saturated carbocycles. The number of likely N-dealkylation sites (N-methyl/N-ethyl adjacent to an activating group) is 1. The van der Waals surface area contributed by atoms with Crippen molar-refractivity contribution in [3.05, 3.63) is 24.3 Å². The number of anilines is 2. The Morgan fingerprint density at radius 2 is 1.73 bits per heavy atom. The normalized spacial score (nSPS) is 24.3. The lowest BCUT2D eigenvalue weighted by atomic mass is 9.91.